The molecule has 0 aromatic heterocycles. The Morgan fingerprint density at radius 1 is 1.70 bits per heavy atom. The van der Waals surface area contributed by atoms with Crippen LogP contribution < -0.4 is 0 Å². The Morgan fingerprint density at radius 3 is 2.90 bits per heavy atom. The second-order valence-electron chi connectivity index (χ2n) is 1.37. The van der Waals surface area contributed by atoms with Crippen molar-refractivity contribution in [1.29, 1.82) is 0 Å². The van der Waals surface area contributed by atoms with E-state index in [9.17, 15) is 0 Å². The smallest absolute Gasteiger partial charge is 0.161 e. The van der Waals surface area contributed by atoms with E-state index in [4.69, 9.17) is 16.3 Å². The molecule has 0 radical (unpaired) electrons. The largest absolute Gasteiger partial charge is 0.485 e. The number of alkyl halides is 1. The monoisotopic (exact) mass is 222 g/mol. The van der Waals surface area contributed by atoms with E-state index < -0.39 is 0 Å². The van der Waals surface area contributed by atoms with Gasteiger partial charge in [0.2, 0.25) is 0 Å². The Morgan fingerprint density at radius 2 is 2.40 bits per heavy atom. The van der Waals surface area contributed by atoms with E-state index in [2.05, 4.69) is 22.5 Å². The SMILES string of the molecule is C=C/C=C(Br)\C=C/OCCl. The molecule has 0 aliphatic carbocycles. The van der Waals surface area contributed by atoms with E-state index >= 15 is 0 Å². The van der Waals surface area contributed by atoms with Crippen molar-refractivity contribution in [1.82, 2.24) is 0 Å². The summed E-state index contributed by atoms with van der Waals surface area (Å²) < 4.78 is 5.63. The lowest BCUT2D eigenvalue weighted by molar-refractivity contribution is 0.312. The van der Waals surface area contributed by atoms with E-state index in [0.29, 0.717) is 0 Å². The van der Waals surface area contributed by atoms with E-state index in [1.54, 1.807) is 18.2 Å². The Hall–Kier alpha value is -0.210. The molecular weight excluding hydrogens is 215 g/mol. The lowest BCUT2D eigenvalue weighted by Crippen LogP contribution is -1.72. The van der Waals surface area contributed by atoms with Gasteiger partial charge in [0.05, 0.1) is 6.26 Å². The molecule has 0 aliphatic heterocycles. The second-order valence-corrected chi connectivity index (χ2v) is 2.50. The van der Waals surface area contributed by atoms with Gasteiger partial charge >= 0.3 is 0 Å². The summed E-state index contributed by atoms with van der Waals surface area (Å²) in [6, 6.07) is 0.171. The zero-order valence-electron chi connectivity index (χ0n) is 5.39. The lowest BCUT2D eigenvalue weighted by Gasteiger charge is -1.89. The molecule has 0 rings (SSSR count). The van der Waals surface area contributed by atoms with Crippen molar-refractivity contribution in [3.8, 4) is 0 Å². The van der Waals surface area contributed by atoms with Gasteiger partial charge in [0, 0.05) is 4.48 Å². The van der Waals surface area contributed by atoms with E-state index in [1.165, 1.54) is 6.26 Å². The number of hydrogen-bond donors (Lipinski definition) is 0. The number of ether oxygens (including phenoxy) is 1. The molecule has 0 saturated heterocycles. The van der Waals surface area contributed by atoms with Crippen LogP contribution in [0.4, 0.5) is 0 Å². The molecule has 0 bridgehead atoms. The zero-order chi connectivity index (χ0) is 7.82. The summed E-state index contributed by atoms with van der Waals surface area (Å²) in [5, 5.41) is 0. The third-order valence-electron chi connectivity index (χ3n) is 0.664. The number of rotatable bonds is 4. The molecule has 0 unspecified atom stereocenters. The molecule has 1 nitrogen and oxygen atoms in total. The van der Waals surface area contributed by atoms with Gasteiger partial charge in [-0.05, 0) is 12.2 Å². The summed E-state index contributed by atoms with van der Waals surface area (Å²) in [6.07, 6.45) is 6.73. The van der Waals surface area contributed by atoms with Crippen LogP contribution in [0.5, 0.6) is 0 Å². The van der Waals surface area contributed by atoms with Crippen molar-refractivity contribution in [2.75, 3.05) is 6.07 Å². The maximum atomic E-state index is 5.23. The molecule has 0 N–H and O–H groups in total. The van der Waals surface area contributed by atoms with E-state index in [0.717, 1.165) is 4.48 Å². The first-order valence-electron chi connectivity index (χ1n) is 2.63. The van der Waals surface area contributed by atoms with Crippen LogP contribution in [0.1, 0.15) is 0 Å². The second kappa shape index (κ2) is 6.90. The van der Waals surface area contributed by atoms with Crippen LogP contribution in [0.15, 0.2) is 35.6 Å². The van der Waals surface area contributed by atoms with E-state index in [1.807, 2.05) is 0 Å². The topological polar surface area (TPSA) is 9.23 Å². The Labute approximate surface area is 74.1 Å². The van der Waals surface area contributed by atoms with Crippen LogP contribution in [0.2, 0.25) is 0 Å². The van der Waals surface area contributed by atoms with Crippen molar-refractivity contribution in [3.05, 3.63) is 35.6 Å². The molecule has 0 amide bonds. The van der Waals surface area contributed by atoms with Crippen LogP contribution >= 0.6 is 27.5 Å². The molecular formula is C7H8BrClO. The standard InChI is InChI=1S/C7H8BrClO/c1-2-3-7(8)4-5-10-6-9/h2-5H,1,6H2/b5-4-,7-3+. The van der Waals surface area contributed by atoms with Gasteiger partial charge in [-0.3, -0.25) is 0 Å². The number of hydrogen-bond acceptors (Lipinski definition) is 1. The van der Waals surface area contributed by atoms with Gasteiger partial charge in [-0.2, -0.15) is 0 Å². The minimum Gasteiger partial charge on any atom is -0.485 e. The van der Waals surface area contributed by atoms with Crippen LogP contribution in [0.3, 0.4) is 0 Å². The summed E-state index contributed by atoms with van der Waals surface area (Å²) in [5.74, 6) is 0. The minimum absolute atomic E-state index is 0.171. The molecule has 56 valence electrons. The highest BCUT2D eigenvalue weighted by atomic mass is 79.9. The molecule has 3 heteroatoms. The van der Waals surface area contributed by atoms with Crippen molar-refractivity contribution in [2.45, 2.75) is 0 Å². The predicted molar refractivity (Wildman–Crippen MR) is 48.2 cm³/mol. The molecule has 0 saturated carbocycles. The van der Waals surface area contributed by atoms with Gasteiger partial charge in [-0.1, -0.05) is 40.2 Å². The molecule has 0 fully saturated rings. The summed E-state index contributed by atoms with van der Waals surface area (Å²) in [5.41, 5.74) is 0. The first kappa shape index (κ1) is 9.79. The van der Waals surface area contributed by atoms with Gasteiger partial charge < -0.3 is 4.74 Å². The molecule has 0 spiro atoms. The third kappa shape index (κ3) is 5.92. The highest BCUT2D eigenvalue weighted by Gasteiger charge is 1.78. The highest BCUT2D eigenvalue weighted by Crippen LogP contribution is 2.05. The Balaban J connectivity index is 3.65. The van der Waals surface area contributed by atoms with Gasteiger partial charge in [0.1, 0.15) is 0 Å². The predicted octanol–water partition coefficient (Wildman–Crippen LogP) is 3.18. The molecule has 0 aromatic carbocycles. The fraction of sp³-hybridized carbons (Fsp3) is 0.143. The van der Waals surface area contributed by atoms with Gasteiger partial charge in [0.15, 0.2) is 6.07 Å². The molecule has 0 atom stereocenters. The van der Waals surface area contributed by atoms with Crippen molar-refractivity contribution in [2.24, 2.45) is 0 Å². The van der Waals surface area contributed by atoms with Crippen molar-refractivity contribution >= 4 is 27.5 Å². The maximum absolute atomic E-state index is 5.23. The Bertz CT molecular complexity index is 152. The van der Waals surface area contributed by atoms with Crippen molar-refractivity contribution in [3.63, 3.8) is 0 Å². The Kier molecular flexibility index (Phi) is 6.76. The fourth-order valence-corrected chi connectivity index (χ4v) is 0.685. The maximum Gasteiger partial charge on any atom is 0.161 e. The zero-order valence-corrected chi connectivity index (χ0v) is 7.73. The fourth-order valence-electron chi connectivity index (χ4n) is 0.318. The normalized spacial score (nSPS) is 12.0. The lowest BCUT2D eigenvalue weighted by atomic mass is 10.5. The summed E-state index contributed by atoms with van der Waals surface area (Å²) in [7, 11) is 0. The van der Waals surface area contributed by atoms with Crippen LogP contribution in [-0.4, -0.2) is 6.07 Å². The number of halogens is 2. The van der Waals surface area contributed by atoms with Crippen LogP contribution in [0.25, 0.3) is 0 Å². The first-order chi connectivity index (χ1) is 4.81. The van der Waals surface area contributed by atoms with E-state index in [-0.39, 0.29) is 6.07 Å². The third-order valence-corrected chi connectivity index (χ3v) is 1.32. The average molecular weight is 223 g/mol. The van der Waals surface area contributed by atoms with Crippen LogP contribution in [0, 0.1) is 0 Å². The average Bonchev–Trinajstić information content (AvgIpc) is 1.89. The quantitative estimate of drug-likeness (QED) is 0.404. The van der Waals surface area contributed by atoms with Gasteiger partial charge in [-0.25, -0.2) is 0 Å². The molecule has 0 aromatic rings. The van der Waals surface area contributed by atoms with Gasteiger partial charge in [0.25, 0.3) is 0 Å². The first-order valence-corrected chi connectivity index (χ1v) is 3.96. The minimum atomic E-state index is 0.171. The highest BCUT2D eigenvalue weighted by molar-refractivity contribution is 9.11. The number of allylic oxidation sites excluding steroid dienone is 4. The summed E-state index contributed by atoms with van der Waals surface area (Å²) in [4.78, 5) is 0. The molecule has 0 heterocycles. The summed E-state index contributed by atoms with van der Waals surface area (Å²) in [6.45, 7) is 3.52. The summed E-state index contributed by atoms with van der Waals surface area (Å²) >= 11 is 8.48. The molecule has 10 heavy (non-hydrogen) atoms. The van der Waals surface area contributed by atoms with Gasteiger partial charge in [-0.15, -0.1) is 0 Å². The molecule has 0 aliphatic rings. The van der Waals surface area contributed by atoms with Crippen molar-refractivity contribution < 1.29 is 4.74 Å². The van der Waals surface area contributed by atoms with Crippen LogP contribution in [-0.2, 0) is 4.74 Å².